The third-order valence-electron chi connectivity index (χ3n) is 4.32. The van der Waals surface area contributed by atoms with Crippen molar-refractivity contribution in [3.8, 4) is 11.8 Å². The Kier molecular flexibility index (Phi) is 6.62. The largest absolute Gasteiger partial charge is 0.484 e. The predicted octanol–water partition coefficient (Wildman–Crippen LogP) is 3.23. The molecule has 3 aromatic rings. The van der Waals surface area contributed by atoms with Crippen LogP contribution in [0.2, 0.25) is 0 Å². The summed E-state index contributed by atoms with van der Waals surface area (Å²) >= 11 is 0. The van der Waals surface area contributed by atoms with Gasteiger partial charge in [-0.15, -0.1) is 0 Å². The smallest absolute Gasteiger partial charge is 0.287 e. The van der Waals surface area contributed by atoms with Crippen LogP contribution in [0, 0.1) is 23.0 Å². The van der Waals surface area contributed by atoms with Crippen molar-refractivity contribution >= 4 is 11.8 Å². The van der Waals surface area contributed by atoms with E-state index in [1.54, 1.807) is 24.3 Å². The van der Waals surface area contributed by atoms with Gasteiger partial charge in [-0.3, -0.25) is 9.59 Å². The number of amides is 2. The quantitative estimate of drug-likeness (QED) is 0.605. The van der Waals surface area contributed by atoms with E-state index in [2.05, 4.69) is 10.6 Å². The van der Waals surface area contributed by atoms with Crippen molar-refractivity contribution in [1.82, 2.24) is 10.6 Å². The molecule has 0 saturated carbocycles. The first-order valence-electron chi connectivity index (χ1n) is 9.11. The molecule has 0 saturated heterocycles. The Labute approximate surface area is 176 Å². The third-order valence-corrected chi connectivity index (χ3v) is 4.32. The van der Waals surface area contributed by atoms with Crippen molar-refractivity contribution < 1.29 is 27.5 Å². The van der Waals surface area contributed by atoms with Gasteiger partial charge < -0.3 is 19.8 Å². The van der Waals surface area contributed by atoms with Crippen LogP contribution >= 0.6 is 0 Å². The lowest BCUT2D eigenvalue weighted by Crippen LogP contribution is -2.39. The van der Waals surface area contributed by atoms with E-state index in [1.807, 2.05) is 6.07 Å². The minimum Gasteiger partial charge on any atom is -0.484 e. The molecule has 0 bridgehead atoms. The van der Waals surface area contributed by atoms with Gasteiger partial charge in [-0.1, -0.05) is 18.2 Å². The zero-order chi connectivity index (χ0) is 22.4. The first-order chi connectivity index (χ1) is 14.9. The van der Waals surface area contributed by atoms with Crippen molar-refractivity contribution in [3.63, 3.8) is 0 Å². The molecule has 2 N–H and O–H groups in total. The fourth-order valence-electron chi connectivity index (χ4n) is 2.75. The molecule has 0 radical (unpaired) electrons. The van der Waals surface area contributed by atoms with Crippen LogP contribution in [0.1, 0.15) is 33.5 Å². The van der Waals surface area contributed by atoms with Crippen molar-refractivity contribution in [2.45, 2.75) is 12.6 Å². The molecule has 0 aliphatic rings. The van der Waals surface area contributed by atoms with Crippen LogP contribution in [0.25, 0.3) is 0 Å². The molecule has 158 valence electrons. The molecule has 7 nitrogen and oxygen atoms in total. The van der Waals surface area contributed by atoms with Gasteiger partial charge >= 0.3 is 0 Å². The summed E-state index contributed by atoms with van der Waals surface area (Å²) in [4.78, 5) is 24.7. The molecule has 2 amide bonds. The van der Waals surface area contributed by atoms with Gasteiger partial charge in [-0.25, -0.2) is 8.78 Å². The summed E-state index contributed by atoms with van der Waals surface area (Å²) in [5, 5.41) is 13.9. The van der Waals surface area contributed by atoms with Crippen LogP contribution in [-0.2, 0) is 11.4 Å². The molecule has 0 aliphatic heterocycles. The summed E-state index contributed by atoms with van der Waals surface area (Å²) in [5.74, 6) is -3.00. The highest BCUT2D eigenvalue weighted by Crippen LogP contribution is 2.20. The number of rotatable bonds is 7. The Morgan fingerprint density at radius 2 is 1.90 bits per heavy atom. The number of para-hydroxylation sites is 1. The predicted molar refractivity (Wildman–Crippen MR) is 105 cm³/mol. The summed E-state index contributed by atoms with van der Waals surface area (Å²) in [7, 11) is 1.35. The lowest BCUT2D eigenvalue weighted by molar-refractivity contribution is -0.122. The molecule has 31 heavy (non-hydrogen) atoms. The molecule has 2 aromatic carbocycles. The Morgan fingerprint density at radius 1 is 1.13 bits per heavy atom. The van der Waals surface area contributed by atoms with Gasteiger partial charge in [-0.05, 0) is 42.0 Å². The van der Waals surface area contributed by atoms with Crippen LogP contribution in [0.15, 0.2) is 59.0 Å². The maximum Gasteiger partial charge on any atom is 0.287 e. The van der Waals surface area contributed by atoms with Gasteiger partial charge in [-0.2, -0.15) is 5.26 Å². The van der Waals surface area contributed by atoms with Gasteiger partial charge in [0.2, 0.25) is 5.91 Å². The van der Waals surface area contributed by atoms with E-state index in [1.165, 1.54) is 25.2 Å². The highest BCUT2D eigenvalue weighted by atomic mass is 19.2. The van der Waals surface area contributed by atoms with Gasteiger partial charge in [0.15, 0.2) is 17.4 Å². The number of carbonyl (C=O) groups is 2. The number of hydrogen-bond acceptors (Lipinski definition) is 5. The molecule has 0 spiro atoms. The first kappa shape index (κ1) is 21.5. The van der Waals surface area contributed by atoms with E-state index in [0.29, 0.717) is 17.1 Å². The summed E-state index contributed by atoms with van der Waals surface area (Å²) in [6.45, 7) is -0.0337. The second-order valence-electron chi connectivity index (χ2n) is 6.36. The van der Waals surface area contributed by atoms with Gasteiger partial charge in [0, 0.05) is 7.05 Å². The van der Waals surface area contributed by atoms with Crippen LogP contribution in [0.5, 0.6) is 5.75 Å². The lowest BCUT2D eigenvalue weighted by atomic mass is 10.1. The standard InChI is InChI=1S/C22H17F2N3O4/c1-26-22(29)20(13-6-8-16(23)17(24)10-13)27-21(28)19-9-7-15(31-19)12-30-18-5-3-2-4-14(18)11-25/h2-10,20H,12H2,1H3,(H,26,29)(H,27,28). The Bertz CT molecular complexity index is 1150. The van der Waals surface area contributed by atoms with E-state index in [0.717, 1.165) is 12.1 Å². The minimum absolute atomic E-state index is 0.0337. The number of nitrogens with zero attached hydrogens (tertiary/aromatic N) is 1. The Balaban J connectivity index is 1.71. The molecule has 3 rings (SSSR count). The Morgan fingerprint density at radius 3 is 2.61 bits per heavy atom. The van der Waals surface area contributed by atoms with Crippen molar-refractivity contribution in [3.05, 3.63) is 88.9 Å². The molecule has 9 heteroatoms. The second kappa shape index (κ2) is 9.54. The molecule has 0 fully saturated rings. The van der Waals surface area contributed by atoms with E-state index < -0.39 is 29.5 Å². The maximum atomic E-state index is 13.6. The van der Waals surface area contributed by atoms with Crippen LogP contribution in [0.3, 0.4) is 0 Å². The molecule has 1 aromatic heterocycles. The minimum atomic E-state index is -1.26. The monoisotopic (exact) mass is 425 g/mol. The molecular formula is C22H17F2N3O4. The van der Waals surface area contributed by atoms with Gasteiger partial charge in [0.05, 0.1) is 5.56 Å². The number of ether oxygens (including phenoxy) is 1. The van der Waals surface area contributed by atoms with Crippen molar-refractivity contribution in [1.29, 1.82) is 5.26 Å². The zero-order valence-corrected chi connectivity index (χ0v) is 16.3. The zero-order valence-electron chi connectivity index (χ0n) is 16.3. The molecule has 1 atom stereocenters. The van der Waals surface area contributed by atoms with E-state index in [4.69, 9.17) is 14.4 Å². The number of hydrogen-bond donors (Lipinski definition) is 2. The summed E-state index contributed by atoms with van der Waals surface area (Å²) in [6.07, 6.45) is 0. The fraction of sp³-hybridized carbons (Fsp3) is 0.136. The maximum absolute atomic E-state index is 13.6. The normalized spacial score (nSPS) is 11.3. The van der Waals surface area contributed by atoms with E-state index in [9.17, 15) is 18.4 Å². The second-order valence-corrected chi connectivity index (χ2v) is 6.36. The number of furan rings is 1. The van der Waals surface area contributed by atoms with Crippen molar-refractivity contribution in [2.75, 3.05) is 7.05 Å². The Hall–Kier alpha value is -4.19. The van der Waals surface area contributed by atoms with Gasteiger partial charge in [0.25, 0.3) is 5.91 Å². The summed E-state index contributed by atoms with van der Waals surface area (Å²) < 4.78 is 37.8. The summed E-state index contributed by atoms with van der Waals surface area (Å²) in [6, 6.07) is 13.2. The number of nitrogens with one attached hydrogen (secondary N) is 2. The number of likely N-dealkylation sites (N-methyl/N-ethyl adjacent to an activating group) is 1. The number of carbonyl (C=O) groups excluding carboxylic acids is 2. The molecule has 0 aliphatic carbocycles. The molecule has 1 heterocycles. The SMILES string of the molecule is CNC(=O)C(NC(=O)c1ccc(COc2ccccc2C#N)o1)c1ccc(F)c(F)c1. The van der Waals surface area contributed by atoms with Crippen LogP contribution in [-0.4, -0.2) is 18.9 Å². The number of benzene rings is 2. The fourth-order valence-corrected chi connectivity index (χ4v) is 2.75. The highest BCUT2D eigenvalue weighted by molar-refractivity contribution is 5.95. The van der Waals surface area contributed by atoms with Crippen LogP contribution < -0.4 is 15.4 Å². The number of halogens is 2. The van der Waals surface area contributed by atoms with Crippen LogP contribution in [0.4, 0.5) is 8.78 Å². The third kappa shape index (κ3) is 5.05. The van der Waals surface area contributed by atoms with Crippen molar-refractivity contribution in [2.24, 2.45) is 0 Å². The molecule has 1 unspecified atom stereocenters. The highest BCUT2D eigenvalue weighted by Gasteiger charge is 2.25. The van der Waals surface area contributed by atoms with E-state index >= 15 is 0 Å². The first-order valence-corrected chi connectivity index (χ1v) is 9.11. The van der Waals surface area contributed by atoms with Gasteiger partial charge in [0.1, 0.15) is 30.2 Å². The molecular weight excluding hydrogens is 408 g/mol. The average molecular weight is 425 g/mol. The topological polar surface area (TPSA) is 104 Å². The summed E-state index contributed by atoms with van der Waals surface area (Å²) in [5.41, 5.74) is 0.418. The lowest BCUT2D eigenvalue weighted by Gasteiger charge is -2.17. The van der Waals surface area contributed by atoms with E-state index in [-0.39, 0.29) is 17.9 Å². The average Bonchev–Trinajstić information content (AvgIpc) is 3.26. The number of nitriles is 1.